The second-order valence-electron chi connectivity index (χ2n) is 4.48. The first-order valence-corrected chi connectivity index (χ1v) is 6.35. The molecule has 100 valence electrons. The van der Waals surface area contributed by atoms with Gasteiger partial charge in [0.1, 0.15) is 0 Å². The van der Waals surface area contributed by atoms with Gasteiger partial charge in [-0.1, -0.05) is 6.92 Å². The molecule has 1 aliphatic heterocycles. The SMILES string of the molecule is CCC(CN)N1CCN(C(=O)c2cn[nH]n2)CC1. The van der Waals surface area contributed by atoms with Gasteiger partial charge in [0, 0.05) is 38.8 Å². The molecule has 1 unspecified atom stereocenters. The number of piperazine rings is 1. The molecular weight excluding hydrogens is 232 g/mol. The summed E-state index contributed by atoms with van der Waals surface area (Å²) in [5.74, 6) is -0.0517. The molecule has 0 saturated carbocycles. The summed E-state index contributed by atoms with van der Waals surface area (Å²) in [4.78, 5) is 16.2. The van der Waals surface area contributed by atoms with Crippen molar-refractivity contribution in [1.82, 2.24) is 25.2 Å². The van der Waals surface area contributed by atoms with E-state index in [-0.39, 0.29) is 5.91 Å². The molecule has 1 aliphatic rings. The largest absolute Gasteiger partial charge is 0.335 e. The van der Waals surface area contributed by atoms with E-state index in [0.717, 1.165) is 32.6 Å². The van der Waals surface area contributed by atoms with Gasteiger partial charge in [0.25, 0.3) is 5.91 Å². The van der Waals surface area contributed by atoms with E-state index < -0.39 is 0 Å². The summed E-state index contributed by atoms with van der Waals surface area (Å²) in [6.07, 6.45) is 2.51. The van der Waals surface area contributed by atoms with Gasteiger partial charge in [-0.3, -0.25) is 9.69 Å². The molecule has 0 bridgehead atoms. The van der Waals surface area contributed by atoms with Crippen LogP contribution in [0.25, 0.3) is 0 Å². The summed E-state index contributed by atoms with van der Waals surface area (Å²) in [5.41, 5.74) is 6.12. The van der Waals surface area contributed by atoms with Crippen molar-refractivity contribution in [1.29, 1.82) is 0 Å². The highest BCUT2D eigenvalue weighted by molar-refractivity contribution is 5.91. The first-order valence-electron chi connectivity index (χ1n) is 6.35. The van der Waals surface area contributed by atoms with Gasteiger partial charge in [-0.2, -0.15) is 15.4 Å². The maximum atomic E-state index is 12.0. The van der Waals surface area contributed by atoms with Crippen molar-refractivity contribution in [2.45, 2.75) is 19.4 Å². The topological polar surface area (TPSA) is 91.1 Å². The zero-order valence-corrected chi connectivity index (χ0v) is 10.7. The van der Waals surface area contributed by atoms with E-state index in [4.69, 9.17) is 5.73 Å². The Bertz CT molecular complexity index is 367. The van der Waals surface area contributed by atoms with Crippen LogP contribution in [-0.4, -0.2) is 69.9 Å². The van der Waals surface area contributed by atoms with E-state index in [1.807, 2.05) is 4.90 Å². The van der Waals surface area contributed by atoms with Gasteiger partial charge >= 0.3 is 0 Å². The Morgan fingerprint density at radius 1 is 1.50 bits per heavy atom. The van der Waals surface area contributed by atoms with Crippen LogP contribution >= 0.6 is 0 Å². The lowest BCUT2D eigenvalue weighted by Crippen LogP contribution is -2.53. The number of nitrogens with one attached hydrogen (secondary N) is 1. The summed E-state index contributed by atoms with van der Waals surface area (Å²) in [6, 6.07) is 0.425. The second kappa shape index (κ2) is 5.92. The summed E-state index contributed by atoms with van der Waals surface area (Å²) in [7, 11) is 0. The smallest absolute Gasteiger partial charge is 0.276 e. The Morgan fingerprint density at radius 2 is 2.22 bits per heavy atom. The number of H-pyrrole nitrogens is 1. The Labute approximate surface area is 106 Å². The van der Waals surface area contributed by atoms with Crippen LogP contribution in [0.3, 0.4) is 0 Å². The molecule has 7 nitrogen and oxygen atoms in total. The molecular formula is C11H20N6O. The fourth-order valence-corrected chi connectivity index (χ4v) is 2.33. The van der Waals surface area contributed by atoms with Crippen LogP contribution in [0.2, 0.25) is 0 Å². The van der Waals surface area contributed by atoms with Crippen LogP contribution in [0.15, 0.2) is 6.20 Å². The van der Waals surface area contributed by atoms with Gasteiger partial charge in [-0.15, -0.1) is 0 Å². The van der Waals surface area contributed by atoms with E-state index in [2.05, 4.69) is 27.2 Å². The average Bonchev–Trinajstić information content (AvgIpc) is 2.94. The minimum absolute atomic E-state index is 0.0517. The van der Waals surface area contributed by atoms with Crippen LogP contribution in [0, 0.1) is 0 Å². The molecule has 0 aromatic carbocycles. The summed E-state index contributed by atoms with van der Waals surface area (Å²) in [6.45, 7) is 6.02. The molecule has 3 N–H and O–H groups in total. The van der Waals surface area contributed by atoms with Gasteiger partial charge < -0.3 is 10.6 Å². The predicted octanol–water partition coefficient (Wildman–Crippen LogP) is -0.700. The molecule has 2 rings (SSSR count). The number of rotatable bonds is 4. The summed E-state index contributed by atoms with van der Waals surface area (Å²) < 4.78 is 0. The quantitative estimate of drug-likeness (QED) is 0.739. The lowest BCUT2D eigenvalue weighted by molar-refractivity contribution is 0.0566. The van der Waals surface area contributed by atoms with Crippen LogP contribution in [-0.2, 0) is 0 Å². The number of amides is 1. The predicted molar refractivity (Wildman–Crippen MR) is 67.0 cm³/mol. The maximum Gasteiger partial charge on any atom is 0.276 e. The fraction of sp³-hybridized carbons (Fsp3) is 0.727. The molecule has 0 radical (unpaired) electrons. The van der Waals surface area contributed by atoms with Crippen molar-refractivity contribution in [2.75, 3.05) is 32.7 Å². The van der Waals surface area contributed by atoms with Crippen LogP contribution in [0.1, 0.15) is 23.8 Å². The third-order valence-electron chi connectivity index (χ3n) is 3.50. The molecule has 1 aromatic rings. The molecule has 0 spiro atoms. The Kier molecular flexibility index (Phi) is 4.27. The fourth-order valence-electron chi connectivity index (χ4n) is 2.33. The standard InChI is InChI=1S/C11H20N6O/c1-2-9(7-12)16-3-5-17(6-4-16)11(18)10-8-13-15-14-10/h8-9H,2-7,12H2,1H3,(H,13,14,15). The number of carbonyl (C=O) groups excluding carboxylic acids is 1. The zero-order chi connectivity index (χ0) is 13.0. The Balaban J connectivity index is 1.89. The number of carbonyl (C=O) groups is 1. The van der Waals surface area contributed by atoms with E-state index >= 15 is 0 Å². The van der Waals surface area contributed by atoms with Gasteiger partial charge in [0.15, 0.2) is 5.69 Å². The molecule has 1 saturated heterocycles. The summed E-state index contributed by atoms with van der Waals surface area (Å²) >= 11 is 0. The minimum Gasteiger partial charge on any atom is -0.335 e. The first-order chi connectivity index (χ1) is 8.76. The van der Waals surface area contributed by atoms with Crippen molar-refractivity contribution in [3.8, 4) is 0 Å². The molecule has 1 amide bonds. The van der Waals surface area contributed by atoms with Crippen molar-refractivity contribution in [2.24, 2.45) is 5.73 Å². The molecule has 2 heterocycles. The van der Waals surface area contributed by atoms with Crippen molar-refractivity contribution < 1.29 is 4.79 Å². The summed E-state index contributed by atoms with van der Waals surface area (Å²) in [5, 5.41) is 9.93. The van der Waals surface area contributed by atoms with Crippen LogP contribution in [0.5, 0.6) is 0 Å². The third-order valence-corrected chi connectivity index (χ3v) is 3.50. The van der Waals surface area contributed by atoms with E-state index in [1.165, 1.54) is 6.20 Å². The van der Waals surface area contributed by atoms with Gasteiger partial charge in [-0.05, 0) is 6.42 Å². The zero-order valence-electron chi connectivity index (χ0n) is 10.7. The number of aromatic amines is 1. The average molecular weight is 252 g/mol. The number of nitrogens with zero attached hydrogens (tertiary/aromatic N) is 4. The minimum atomic E-state index is -0.0517. The molecule has 0 aliphatic carbocycles. The molecule has 7 heteroatoms. The second-order valence-corrected chi connectivity index (χ2v) is 4.48. The van der Waals surface area contributed by atoms with Crippen molar-refractivity contribution >= 4 is 5.91 Å². The molecule has 1 aromatic heterocycles. The van der Waals surface area contributed by atoms with Crippen molar-refractivity contribution in [3.05, 3.63) is 11.9 Å². The number of hydrogen-bond donors (Lipinski definition) is 2. The highest BCUT2D eigenvalue weighted by atomic mass is 16.2. The highest BCUT2D eigenvalue weighted by Crippen LogP contribution is 2.10. The lowest BCUT2D eigenvalue weighted by Gasteiger charge is -2.38. The van der Waals surface area contributed by atoms with Crippen molar-refractivity contribution in [3.63, 3.8) is 0 Å². The van der Waals surface area contributed by atoms with Gasteiger partial charge in [0.05, 0.1) is 6.20 Å². The molecule has 1 atom stereocenters. The lowest BCUT2D eigenvalue weighted by atomic mass is 10.1. The van der Waals surface area contributed by atoms with Gasteiger partial charge in [0.2, 0.25) is 0 Å². The molecule has 18 heavy (non-hydrogen) atoms. The van der Waals surface area contributed by atoms with Crippen LogP contribution < -0.4 is 5.73 Å². The van der Waals surface area contributed by atoms with E-state index in [9.17, 15) is 4.79 Å². The monoisotopic (exact) mass is 252 g/mol. The normalized spacial score (nSPS) is 18.9. The Hall–Kier alpha value is -1.47. The number of nitrogens with two attached hydrogens (primary N) is 1. The number of hydrogen-bond acceptors (Lipinski definition) is 5. The first kappa shape index (κ1) is 13.0. The van der Waals surface area contributed by atoms with Gasteiger partial charge in [-0.25, -0.2) is 0 Å². The van der Waals surface area contributed by atoms with E-state index in [1.54, 1.807) is 0 Å². The Morgan fingerprint density at radius 3 is 2.72 bits per heavy atom. The molecule has 1 fully saturated rings. The highest BCUT2D eigenvalue weighted by Gasteiger charge is 2.26. The van der Waals surface area contributed by atoms with E-state index in [0.29, 0.717) is 18.3 Å². The third kappa shape index (κ3) is 2.68. The number of aromatic nitrogens is 3. The van der Waals surface area contributed by atoms with Crippen LogP contribution in [0.4, 0.5) is 0 Å². The maximum absolute atomic E-state index is 12.0.